The predicted molar refractivity (Wildman–Crippen MR) is 69.2 cm³/mol. The zero-order chi connectivity index (χ0) is 13.4. The van der Waals surface area contributed by atoms with Crippen molar-refractivity contribution >= 4 is 12.6 Å². The summed E-state index contributed by atoms with van der Waals surface area (Å²) in [6, 6.07) is 5.11. The van der Waals surface area contributed by atoms with Gasteiger partial charge in [-0.2, -0.15) is 0 Å². The number of ether oxygens (including phenoxy) is 3. The van der Waals surface area contributed by atoms with Crippen molar-refractivity contribution in [1.82, 2.24) is 0 Å². The summed E-state index contributed by atoms with van der Waals surface area (Å²) in [6.45, 7) is 3.87. The summed E-state index contributed by atoms with van der Waals surface area (Å²) >= 11 is 0. The van der Waals surface area contributed by atoms with Gasteiger partial charge in [0.05, 0.1) is 19.8 Å². The van der Waals surface area contributed by atoms with Crippen LogP contribution in [0.4, 0.5) is 0 Å². The molecule has 0 heterocycles. The van der Waals surface area contributed by atoms with Crippen LogP contribution in [0.1, 0.15) is 5.56 Å². The van der Waals surface area contributed by atoms with E-state index in [1.807, 2.05) is 0 Å². The second-order valence-corrected chi connectivity index (χ2v) is 3.85. The van der Waals surface area contributed by atoms with E-state index in [2.05, 4.69) is 0 Å². The summed E-state index contributed by atoms with van der Waals surface area (Å²) in [6.07, 6.45) is 0. The smallest absolute Gasteiger partial charge is 0.488 e. The summed E-state index contributed by atoms with van der Waals surface area (Å²) in [4.78, 5) is 0. The Morgan fingerprint density at radius 2 is 1.83 bits per heavy atom. The molecular weight excluding hydrogens is 235 g/mol. The lowest BCUT2D eigenvalue weighted by atomic mass is 9.77. The van der Waals surface area contributed by atoms with Crippen LogP contribution in [0, 0.1) is 6.92 Å². The van der Waals surface area contributed by atoms with E-state index in [-0.39, 0.29) is 0 Å². The quantitative estimate of drug-likeness (QED) is 0.493. The summed E-state index contributed by atoms with van der Waals surface area (Å²) in [5.74, 6) is 0.687. The molecule has 0 aliphatic rings. The molecule has 0 atom stereocenters. The fourth-order valence-electron chi connectivity index (χ4n) is 1.49. The van der Waals surface area contributed by atoms with Crippen LogP contribution in [0.3, 0.4) is 0 Å². The van der Waals surface area contributed by atoms with Gasteiger partial charge in [-0.1, -0.05) is 6.07 Å². The van der Waals surface area contributed by atoms with Gasteiger partial charge in [0.1, 0.15) is 12.4 Å². The molecule has 18 heavy (non-hydrogen) atoms. The van der Waals surface area contributed by atoms with Crippen LogP contribution in [0.2, 0.25) is 0 Å². The highest BCUT2D eigenvalue weighted by Crippen LogP contribution is 2.11. The van der Waals surface area contributed by atoms with Crippen molar-refractivity contribution in [2.45, 2.75) is 6.92 Å². The molecule has 2 N–H and O–H groups in total. The molecule has 1 aromatic carbocycles. The van der Waals surface area contributed by atoms with Gasteiger partial charge in [-0.05, 0) is 30.1 Å². The van der Waals surface area contributed by atoms with Crippen LogP contribution in [-0.4, -0.2) is 50.7 Å². The Bertz CT molecular complexity index is 356. The summed E-state index contributed by atoms with van der Waals surface area (Å²) in [7, 11) is 0.177. The summed E-state index contributed by atoms with van der Waals surface area (Å²) in [5.41, 5.74) is 1.27. The first-order chi connectivity index (χ1) is 8.65. The van der Waals surface area contributed by atoms with Gasteiger partial charge in [0.25, 0.3) is 0 Å². The van der Waals surface area contributed by atoms with Gasteiger partial charge in [0, 0.05) is 7.11 Å². The average molecular weight is 254 g/mol. The minimum absolute atomic E-state index is 0.449. The maximum atomic E-state index is 9.07. The molecule has 0 saturated heterocycles. The van der Waals surface area contributed by atoms with E-state index >= 15 is 0 Å². The van der Waals surface area contributed by atoms with Crippen LogP contribution in [0.25, 0.3) is 0 Å². The molecule has 0 saturated carbocycles. The van der Waals surface area contributed by atoms with Gasteiger partial charge in [-0.15, -0.1) is 0 Å². The SMILES string of the molecule is COCCOCCOc1ccc(B(O)O)c(C)c1. The molecule has 0 bridgehead atoms. The third-order valence-corrected chi connectivity index (χ3v) is 2.45. The summed E-state index contributed by atoms with van der Waals surface area (Å²) in [5, 5.41) is 18.1. The van der Waals surface area contributed by atoms with E-state index in [9.17, 15) is 0 Å². The molecule has 0 spiro atoms. The maximum Gasteiger partial charge on any atom is 0.488 e. The first-order valence-corrected chi connectivity index (χ1v) is 5.81. The molecule has 0 fully saturated rings. The molecule has 0 amide bonds. The third kappa shape index (κ3) is 5.06. The zero-order valence-corrected chi connectivity index (χ0v) is 10.8. The Balaban J connectivity index is 2.33. The van der Waals surface area contributed by atoms with Gasteiger partial charge in [-0.25, -0.2) is 0 Å². The molecule has 0 aliphatic heterocycles. The van der Waals surface area contributed by atoms with Crippen molar-refractivity contribution in [1.29, 1.82) is 0 Å². The number of aryl methyl sites for hydroxylation is 1. The second kappa shape index (κ2) is 8.10. The van der Waals surface area contributed by atoms with E-state index in [0.717, 1.165) is 5.56 Å². The van der Waals surface area contributed by atoms with E-state index in [1.165, 1.54) is 0 Å². The maximum absolute atomic E-state index is 9.07. The lowest BCUT2D eigenvalue weighted by molar-refractivity contribution is 0.0544. The molecular formula is C12H19BO5. The number of benzene rings is 1. The van der Waals surface area contributed by atoms with Crippen molar-refractivity contribution in [3.63, 3.8) is 0 Å². The lowest BCUT2D eigenvalue weighted by Crippen LogP contribution is -2.31. The highest BCUT2D eigenvalue weighted by atomic mass is 16.5. The third-order valence-electron chi connectivity index (χ3n) is 2.45. The van der Waals surface area contributed by atoms with E-state index in [0.29, 0.717) is 37.6 Å². The number of hydrogen-bond acceptors (Lipinski definition) is 5. The predicted octanol–water partition coefficient (Wildman–Crippen LogP) is -0.283. The fourth-order valence-corrected chi connectivity index (χ4v) is 1.49. The number of hydrogen-bond donors (Lipinski definition) is 2. The largest absolute Gasteiger partial charge is 0.491 e. The Morgan fingerprint density at radius 3 is 2.44 bits per heavy atom. The molecule has 100 valence electrons. The molecule has 6 heteroatoms. The molecule has 0 radical (unpaired) electrons. The Kier molecular flexibility index (Phi) is 6.74. The van der Waals surface area contributed by atoms with E-state index < -0.39 is 7.12 Å². The fraction of sp³-hybridized carbons (Fsp3) is 0.500. The van der Waals surface area contributed by atoms with Crippen molar-refractivity contribution in [3.05, 3.63) is 23.8 Å². The van der Waals surface area contributed by atoms with Gasteiger partial charge in [-0.3, -0.25) is 0 Å². The van der Waals surface area contributed by atoms with Crippen molar-refractivity contribution in [2.24, 2.45) is 0 Å². The normalized spacial score (nSPS) is 10.4. The highest BCUT2D eigenvalue weighted by Gasteiger charge is 2.13. The van der Waals surface area contributed by atoms with Crippen LogP contribution in [0.15, 0.2) is 18.2 Å². The average Bonchev–Trinajstić information content (AvgIpc) is 2.33. The Morgan fingerprint density at radius 1 is 1.11 bits per heavy atom. The van der Waals surface area contributed by atoms with Gasteiger partial charge in [0.15, 0.2) is 0 Å². The zero-order valence-electron chi connectivity index (χ0n) is 10.8. The Hall–Kier alpha value is -1.08. The molecule has 0 aromatic heterocycles. The van der Waals surface area contributed by atoms with Gasteiger partial charge >= 0.3 is 7.12 Å². The van der Waals surface area contributed by atoms with Gasteiger partial charge < -0.3 is 24.3 Å². The monoisotopic (exact) mass is 254 g/mol. The van der Waals surface area contributed by atoms with Crippen LogP contribution >= 0.6 is 0 Å². The van der Waals surface area contributed by atoms with Crippen LogP contribution < -0.4 is 10.2 Å². The van der Waals surface area contributed by atoms with Crippen molar-refractivity contribution < 1.29 is 24.3 Å². The molecule has 1 rings (SSSR count). The minimum Gasteiger partial charge on any atom is -0.491 e. The van der Waals surface area contributed by atoms with Crippen LogP contribution in [-0.2, 0) is 9.47 Å². The Labute approximate surface area is 107 Å². The first kappa shape index (κ1) is 15.0. The first-order valence-electron chi connectivity index (χ1n) is 5.81. The molecule has 5 nitrogen and oxygen atoms in total. The lowest BCUT2D eigenvalue weighted by Gasteiger charge is -2.10. The van der Waals surface area contributed by atoms with E-state index in [4.69, 9.17) is 24.3 Å². The van der Waals surface area contributed by atoms with Gasteiger partial charge in [0.2, 0.25) is 0 Å². The molecule has 1 aromatic rings. The van der Waals surface area contributed by atoms with Crippen molar-refractivity contribution in [2.75, 3.05) is 33.5 Å². The van der Waals surface area contributed by atoms with Crippen molar-refractivity contribution in [3.8, 4) is 5.75 Å². The topological polar surface area (TPSA) is 68.2 Å². The minimum atomic E-state index is -1.45. The highest BCUT2D eigenvalue weighted by molar-refractivity contribution is 6.59. The van der Waals surface area contributed by atoms with E-state index in [1.54, 1.807) is 32.2 Å². The number of methoxy groups -OCH3 is 1. The molecule has 0 unspecified atom stereocenters. The van der Waals surface area contributed by atoms with Crippen LogP contribution in [0.5, 0.6) is 5.75 Å². The molecule has 0 aliphatic carbocycles. The second-order valence-electron chi connectivity index (χ2n) is 3.85. The number of rotatable bonds is 8. The standard InChI is InChI=1S/C12H19BO5/c1-10-9-11(3-4-12(10)13(14)15)18-8-7-17-6-5-16-2/h3-4,9,14-15H,5-8H2,1-2H3. The summed E-state index contributed by atoms with van der Waals surface area (Å²) < 4.78 is 15.6.